The van der Waals surface area contributed by atoms with E-state index in [1.54, 1.807) is 25.4 Å². The number of nitrogens with zero attached hydrogens (tertiary/aromatic N) is 2. The van der Waals surface area contributed by atoms with E-state index in [1.807, 2.05) is 24.3 Å². The summed E-state index contributed by atoms with van der Waals surface area (Å²) in [5.74, 6) is 1.34. The number of carbonyl (C=O) groups excluding carboxylic acids is 1. The van der Waals surface area contributed by atoms with Gasteiger partial charge in [-0.05, 0) is 24.3 Å². The maximum Gasteiger partial charge on any atom is 0.254 e. The minimum absolute atomic E-state index is 0.118. The van der Waals surface area contributed by atoms with E-state index >= 15 is 0 Å². The van der Waals surface area contributed by atoms with Crippen LogP contribution in [0.5, 0.6) is 5.75 Å². The van der Waals surface area contributed by atoms with Gasteiger partial charge in [-0.2, -0.15) is 0 Å². The van der Waals surface area contributed by atoms with Gasteiger partial charge in [-0.15, -0.1) is 0 Å². The number of pyridine rings is 1. The number of aromatic nitrogens is 1. The van der Waals surface area contributed by atoms with Crippen LogP contribution in [0.3, 0.4) is 0 Å². The molecule has 1 aromatic carbocycles. The smallest absolute Gasteiger partial charge is 0.254 e. The van der Waals surface area contributed by atoms with Gasteiger partial charge >= 0.3 is 0 Å². The van der Waals surface area contributed by atoms with Gasteiger partial charge in [-0.1, -0.05) is 23.7 Å². The van der Waals surface area contributed by atoms with Gasteiger partial charge in [0, 0.05) is 39.2 Å². The first-order chi connectivity index (χ1) is 11.7. The normalized spacial score (nSPS) is 15.2. The first kappa shape index (κ1) is 16.6. The molecular formula is C18H20ClN3O2. The third-order valence-corrected chi connectivity index (χ3v) is 4.44. The molecule has 1 saturated heterocycles. The number of nitrogens with one attached hydrogen (secondary N) is 1. The van der Waals surface area contributed by atoms with Gasteiger partial charge in [0.25, 0.3) is 5.91 Å². The summed E-state index contributed by atoms with van der Waals surface area (Å²) in [6.07, 6.45) is 3.55. The lowest BCUT2D eigenvalue weighted by Crippen LogP contribution is -2.39. The van der Waals surface area contributed by atoms with Gasteiger partial charge in [0.1, 0.15) is 17.7 Å². The SMILES string of the molecule is CNC(=O)c1cccnc1N1CCC(Oc2ccccc2Cl)CC1. The number of halogens is 1. The summed E-state index contributed by atoms with van der Waals surface area (Å²) >= 11 is 6.15. The van der Waals surface area contributed by atoms with Crippen molar-refractivity contribution in [2.45, 2.75) is 18.9 Å². The summed E-state index contributed by atoms with van der Waals surface area (Å²) in [6.45, 7) is 1.58. The van der Waals surface area contributed by atoms with Crippen molar-refractivity contribution < 1.29 is 9.53 Å². The molecule has 1 fully saturated rings. The van der Waals surface area contributed by atoms with Crippen molar-refractivity contribution in [2.24, 2.45) is 0 Å². The number of benzene rings is 1. The molecule has 24 heavy (non-hydrogen) atoms. The van der Waals surface area contributed by atoms with Gasteiger partial charge in [-0.25, -0.2) is 4.98 Å². The Morgan fingerprint density at radius 2 is 2.00 bits per heavy atom. The minimum Gasteiger partial charge on any atom is -0.489 e. The fourth-order valence-electron chi connectivity index (χ4n) is 2.87. The molecule has 1 aliphatic rings. The van der Waals surface area contributed by atoms with Crippen molar-refractivity contribution in [3.05, 3.63) is 53.2 Å². The van der Waals surface area contributed by atoms with Crippen LogP contribution < -0.4 is 15.0 Å². The molecule has 126 valence electrons. The van der Waals surface area contributed by atoms with Crippen molar-refractivity contribution in [1.82, 2.24) is 10.3 Å². The van der Waals surface area contributed by atoms with Crippen LogP contribution in [0.15, 0.2) is 42.6 Å². The summed E-state index contributed by atoms with van der Waals surface area (Å²) in [4.78, 5) is 18.5. The maximum absolute atomic E-state index is 12.0. The molecule has 0 aliphatic carbocycles. The number of para-hydroxylation sites is 1. The zero-order valence-electron chi connectivity index (χ0n) is 13.5. The van der Waals surface area contributed by atoms with Crippen LogP contribution in [0.2, 0.25) is 5.02 Å². The molecule has 0 radical (unpaired) electrons. The Bertz CT molecular complexity index is 715. The number of hydrogen-bond donors (Lipinski definition) is 1. The topological polar surface area (TPSA) is 54.5 Å². The van der Waals surface area contributed by atoms with Crippen molar-refractivity contribution in [3.63, 3.8) is 0 Å². The lowest BCUT2D eigenvalue weighted by atomic mass is 10.1. The second-order valence-corrected chi connectivity index (χ2v) is 6.10. The molecule has 1 aliphatic heterocycles. The quantitative estimate of drug-likeness (QED) is 0.925. The number of carbonyl (C=O) groups is 1. The average molecular weight is 346 g/mol. The predicted molar refractivity (Wildman–Crippen MR) is 94.9 cm³/mol. The zero-order chi connectivity index (χ0) is 16.9. The summed E-state index contributed by atoms with van der Waals surface area (Å²) in [7, 11) is 1.63. The van der Waals surface area contributed by atoms with E-state index in [0.29, 0.717) is 10.6 Å². The number of piperidine rings is 1. The summed E-state index contributed by atoms with van der Waals surface area (Å²) in [5.41, 5.74) is 0.602. The van der Waals surface area contributed by atoms with Crippen LogP contribution in [-0.2, 0) is 0 Å². The highest BCUT2D eigenvalue weighted by Gasteiger charge is 2.24. The van der Waals surface area contributed by atoms with E-state index in [-0.39, 0.29) is 12.0 Å². The van der Waals surface area contributed by atoms with Crippen LogP contribution in [0.1, 0.15) is 23.2 Å². The maximum atomic E-state index is 12.0. The first-order valence-electron chi connectivity index (χ1n) is 8.02. The van der Waals surface area contributed by atoms with E-state index in [4.69, 9.17) is 16.3 Å². The van der Waals surface area contributed by atoms with Crippen molar-refractivity contribution in [1.29, 1.82) is 0 Å². The van der Waals surface area contributed by atoms with Gasteiger partial charge in [0.05, 0.1) is 10.6 Å². The number of anilines is 1. The molecule has 1 N–H and O–H groups in total. The predicted octanol–water partition coefficient (Wildman–Crippen LogP) is 3.14. The summed E-state index contributed by atoms with van der Waals surface area (Å²) in [6, 6.07) is 11.1. The average Bonchev–Trinajstić information content (AvgIpc) is 2.63. The number of ether oxygens (including phenoxy) is 1. The van der Waals surface area contributed by atoms with E-state index < -0.39 is 0 Å². The molecule has 2 aromatic rings. The molecular weight excluding hydrogens is 326 g/mol. The highest BCUT2D eigenvalue weighted by atomic mass is 35.5. The molecule has 1 amide bonds. The fraction of sp³-hybridized carbons (Fsp3) is 0.333. The number of amides is 1. The van der Waals surface area contributed by atoms with Gasteiger partial charge in [-0.3, -0.25) is 4.79 Å². The van der Waals surface area contributed by atoms with Crippen LogP contribution in [-0.4, -0.2) is 37.1 Å². The van der Waals surface area contributed by atoms with E-state index in [9.17, 15) is 4.79 Å². The number of rotatable bonds is 4. The second kappa shape index (κ2) is 7.53. The lowest BCUT2D eigenvalue weighted by molar-refractivity contribution is 0.0963. The van der Waals surface area contributed by atoms with Crippen LogP contribution in [0.25, 0.3) is 0 Å². The molecule has 0 unspecified atom stereocenters. The van der Waals surface area contributed by atoms with Gasteiger partial charge in [0.15, 0.2) is 0 Å². The third kappa shape index (κ3) is 3.62. The fourth-order valence-corrected chi connectivity index (χ4v) is 3.05. The van der Waals surface area contributed by atoms with Crippen molar-refractivity contribution >= 4 is 23.3 Å². The van der Waals surface area contributed by atoms with Gasteiger partial charge in [0.2, 0.25) is 0 Å². The summed E-state index contributed by atoms with van der Waals surface area (Å²) < 4.78 is 6.01. The standard InChI is InChI=1S/C18H20ClN3O2/c1-20-18(23)14-5-4-10-21-17(14)22-11-8-13(9-12-22)24-16-7-3-2-6-15(16)19/h2-7,10,13H,8-9,11-12H2,1H3,(H,20,23). The van der Waals surface area contributed by atoms with Crippen LogP contribution in [0.4, 0.5) is 5.82 Å². The molecule has 0 atom stereocenters. The van der Waals surface area contributed by atoms with Crippen LogP contribution >= 0.6 is 11.6 Å². The Kier molecular flexibility index (Phi) is 5.20. The highest BCUT2D eigenvalue weighted by molar-refractivity contribution is 6.32. The largest absolute Gasteiger partial charge is 0.489 e. The molecule has 5 nitrogen and oxygen atoms in total. The van der Waals surface area contributed by atoms with Crippen molar-refractivity contribution in [2.75, 3.05) is 25.0 Å². The lowest BCUT2D eigenvalue weighted by Gasteiger charge is -2.33. The van der Waals surface area contributed by atoms with E-state index in [0.717, 1.165) is 37.5 Å². The zero-order valence-corrected chi connectivity index (χ0v) is 14.3. The Balaban J connectivity index is 1.66. The monoisotopic (exact) mass is 345 g/mol. The molecule has 0 spiro atoms. The van der Waals surface area contributed by atoms with E-state index in [1.165, 1.54) is 0 Å². The molecule has 1 aromatic heterocycles. The molecule has 2 heterocycles. The molecule has 0 saturated carbocycles. The Morgan fingerprint density at radius 3 is 2.71 bits per heavy atom. The molecule has 0 bridgehead atoms. The Morgan fingerprint density at radius 1 is 1.25 bits per heavy atom. The first-order valence-corrected chi connectivity index (χ1v) is 8.40. The van der Waals surface area contributed by atoms with Gasteiger partial charge < -0.3 is 15.0 Å². The highest BCUT2D eigenvalue weighted by Crippen LogP contribution is 2.28. The summed E-state index contributed by atoms with van der Waals surface area (Å²) in [5, 5.41) is 3.29. The van der Waals surface area contributed by atoms with Crippen molar-refractivity contribution in [3.8, 4) is 5.75 Å². The third-order valence-electron chi connectivity index (χ3n) is 4.13. The molecule has 3 rings (SSSR count). The van der Waals surface area contributed by atoms with E-state index in [2.05, 4.69) is 15.2 Å². The molecule has 6 heteroatoms. The Labute approximate surface area is 146 Å². The van der Waals surface area contributed by atoms with Crippen LogP contribution in [0, 0.1) is 0 Å². The number of hydrogen-bond acceptors (Lipinski definition) is 4. The Hall–Kier alpha value is -2.27. The second-order valence-electron chi connectivity index (χ2n) is 5.69. The minimum atomic E-state index is -0.118.